The van der Waals surface area contributed by atoms with Crippen molar-refractivity contribution in [3.05, 3.63) is 29.6 Å². The van der Waals surface area contributed by atoms with E-state index in [-0.39, 0.29) is 11.3 Å². The molecule has 0 aromatic carbocycles. The SMILES string of the molecule is O=S1(=O)CCC2(CCCN(C3CCC(c4ccc(C(F)(F)F)cn4)CC3)C2)C1. The van der Waals surface area contributed by atoms with Crippen LogP contribution in [0.1, 0.15) is 62.1 Å². The van der Waals surface area contributed by atoms with Crippen molar-refractivity contribution in [1.29, 1.82) is 0 Å². The van der Waals surface area contributed by atoms with Crippen LogP contribution in [0.15, 0.2) is 18.3 Å². The van der Waals surface area contributed by atoms with Gasteiger partial charge in [0.05, 0.1) is 17.1 Å². The summed E-state index contributed by atoms with van der Waals surface area (Å²) in [7, 11) is -2.88. The van der Waals surface area contributed by atoms with Crippen LogP contribution >= 0.6 is 0 Å². The van der Waals surface area contributed by atoms with E-state index >= 15 is 0 Å². The molecule has 3 fully saturated rings. The molecule has 1 aromatic rings. The van der Waals surface area contributed by atoms with Gasteiger partial charge >= 0.3 is 6.18 Å². The summed E-state index contributed by atoms with van der Waals surface area (Å²) < 4.78 is 62.1. The number of likely N-dealkylation sites (tertiary alicyclic amines) is 1. The molecule has 2 saturated heterocycles. The van der Waals surface area contributed by atoms with Crippen molar-refractivity contribution in [3.8, 4) is 0 Å². The monoisotopic (exact) mass is 416 g/mol. The van der Waals surface area contributed by atoms with Crippen LogP contribution in [-0.2, 0) is 16.0 Å². The molecule has 3 heterocycles. The second kappa shape index (κ2) is 7.27. The summed E-state index contributed by atoms with van der Waals surface area (Å²) in [6.07, 6.45) is 3.28. The van der Waals surface area contributed by atoms with Crippen molar-refractivity contribution in [1.82, 2.24) is 9.88 Å². The smallest absolute Gasteiger partial charge is 0.300 e. The predicted octanol–water partition coefficient (Wildman–Crippen LogP) is 4.03. The van der Waals surface area contributed by atoms with Crippen LogP contribution in [0.2, 0.25) is 0 Å². The number of halogens is 3. The Balaban J connectivity index is 1.35. The Morgan fingerprint density at radius 3 is 2.43 bits per heavy atom. The first-order chi connectivity index (χ1) is 13.2. The fourth-order valence-electron chi connectivity index (χ4n) is 5.41. The molecule has 4 nitrogen and oxygen atoms in total. The fraction of sp³-hybridized carbons (Fsp3) is 0.750. The highest BCUT2D eigenvalue weighted by Gasteiger charge is 2.46. The largest absolute Gasteiger partial charge is 0.417 e. The van der Waals surface area contributed by atoms with Gasteiger partial charge in [-0.3, -0.25) is 9.88 Å². The molecule has 4 rings (SSSR count). The van der Waals surface area contributed by atoms with Crippen molar-refractivity contribution in [2.24, 2.45) is 5.41 Å². The second-order valence-corrected chi connectivity index (χ2v) is 11.1. The maximum absolute atomic E-state index is 12.7. The first-order valence-corrected chi connectivity index (χ1v) is 12.0. The first kappa shape index (κ1) is 20.1. The van der Waals surface area contributed by atoms with Crippen molar-refractivity contribution in [2.75, 3.05) is 24.6 Å². The lowest BCUT2D eigenvalue weighted by molar-refractivity contribution is -0.137. The fourth-order valence-corrected chi connectivity index (χ4v) is 7.62. The molecule has 0 radical (unpaired) electrons. The maximum Gasteiger partial charge on any atom is 0.417 e. The van der Waals surface area contributed by atoms with Gasteiger partial charge in [0.1, 0.15) is 0 Å². The van der Waals surface area contributed by atoms with E-state index in [1.807, 2.05) is 0 Å². The Morgan fingerprint density at radius 2 is 1.86 bits per heavy atom. The Labute approximate surface area is 164 Å². The van der Waals surface area contributed by atoms with Gasteiger partial charge in [-0.05, 0) is 69.0 Å². The zero-order valence-electron chi connectivity index (χ0n) is 15.9. The molecule has 3 aliphatic rings. The van der Waals surface area contributed by atoms with Gasteiger partial charge < -0.3 is 0 Å². The number of rotatable bonds is 2. The van der Waals surface area contributed by atoms with Crippen molar-refractivity contribution in [3.63, 3.8) is 0 Å². The molecular weight excluding hydrogens is 389 g/mol. The molecule has 1 saturated carbocycles. The normalized spacial score (nSPS) is 34.0. The Hall–Kier alpha value is -1.15. The summed E-state index contributed by atoms with van der Waals surface area (Å²) in [6, 6.07) is 3.10. The van der Waals surface area contributed by atoms with E-state index in [1.54, 1.807) is 0 Å². The minimum absolute atomic E-state index is 0.0527. The third kappa shape index (κ3) is 4.22. The number of alkyl halides is 3. The predicted molar refractivity (Wildman–Crippen MR) is 101 cm³/mol. The molecule has 28 heavy (non-hydrogen) atoms. The van der Waals surface area contributed by atoms with Gasteiger partial charge in [-0.15, -0.1) is 0 Å². The van der Waals surface area contributed by atoms with E-state index < -0.39 is 21.6 Å². The van der Waals surface area contributed by atoms with Crippen molar-refractivity contribution in [2.45, 2.75) is 63.1 Å². The molecule has 1 unspecified atom stereocenters. The summed E-state index contributed by atoms with van der Waals surface area (Å²) in [4.78, 5) is 6.57. The molecule has 156 valence electrons. The standard InChI is InChI=1S/C20H27F3N2O2S/c21-20(22,23)16-4-7-18(24-12-16)15-2-5-17(6-3-15)25-10-1-8-19(13-25)9-11-28(26,27)14-19/h4,7,12,15,17H,1-3,5-6,8-11,13-14H2. The minimum Gasteiger partial charge on any atom is -0.300 e. The second-order valence-electron chi connectivity index (χ2n) is 8.89. The maximum atomic E-state index is 12.7. The van der Waals surface area contributed by atoms with E-state index in [2.05, 4.69) is 9.88 Å². The topological polar surface area (TPSA) is 50.3 Å². The van der Waals surface area contributed by atoms with Crippen LogP contribution in [0.3, 0.4) is 0 Å². The van der Waals surface area contributed by atoms with Crippen LogP contribution in [0.5, 0.6) is 0 Å². The number of aromatic nitrogens is 1. The molecule has 1 aliphatic carbocycles. The molecule has 2 aliphatic heterocycles. The van der Waals surface area contributed by atoms with Crippen molar-refractivity contribution >= 4 is 9.84 Å². The molecule has 0 N–H and O–H groups in total. The average molecular weight is 417 g/mol. The average Bonchev–Trinajstić information content (AvgIpc) is 2.95. The van der Waals surface area contributed by atoms with Gasteiger partial charge in [0.2, 0.25) is 0 Å². The summed E-state index contributed by atoms with van der Waals surface area (Å²) in [5.41, 5.74) is 0.00152. The van der Waals surface area contributed by atoms with Gasteiger partial charge in [-0.1, -0.05) is 0 Å². The quantitative estimate of drug-likeness (QED) is 0.731. The number of sulfone groups is 1. The van der Waals surface area contributed by atoms with Gasteiger partial charge in [-0.2, -0.15) is 13.2 Å². The van der Waals surface area contributed by atoms with Crippen LogP contribution in [0, 0.1) is 5.41 Å². The molecule has 8 heteroatoms. The third-order valence-electron chi connectivity index (χ3n) is 6.91. The van der Waals surface area contributed by atoms with Gasteiger partial charge in [0.25, 0.3) is 0 Å². The van der Waals surface area contributed by atoms with E-state index in [1.165, 1.54) is 6.07 Å². The van der Waals surface area contributed by atoms with Crippen molar-refractivity contribution < 1.29 is 21.6 Å². The van der Waals surface area contributed by atoms with Gasteiger partial charge in [0, 0.05) is 30.4 Å². The molecule has 0 amide bonds. The van der Waals surface area contributed by atoms with Gasteiger partial charge in [0.15, 0.2) is 9.84 Å². The number of hydrogen-bond donors (Lipinski definition) is 0. The lowest BCUT2D eigenvalue weighted by atomic mass is 9.77. The summed E-state index contributed by atoms with van der Waals surface area (Å²) >= 11 is 0. The molecule has 1 spiro atoms. The summed E-state index contributed by atoms with van der Waals surface area (Å²) in [6.45, 7) is 1.90. The third-order valence-corrected chi connectivity index (χ3v) is 8.78. The molecule has 1 aromatic heterocycles. The number of pyridine rings is 1. The Kier molecular flexibility index (Phi) is 5.23. The molecule has 1 atom stereocenters. The highest BCUT2D eigenvalue weighted by Crippen LogP contribution is 2.43. The van der Waals surface area contributed by atoms with E-state index in [0.29, 0.717) is 17.5 Å². The number of hydrogen-bond acceptors (Lipinski definition) is 4. The van der Waals surface area contributed by atoms with E-state index in [9.17, 15) is 21.6 Å². The number of nitrogens with zero attached hydrogens (tertiary/aromatic N) is 2. The highest BCUT2D eigenvalue weighted by molar-refractivity contribution is 7.91. The molecule has 0 bridgehead atoms. The Bertz CT molecular complexity index is 802. The number of piperidine rings is 1. The zero-order valence-corrected chi connectivity index (χ0v) is 16.7. The van der Waals surface area contributed by atoms with Crippen LogP contribution < -0.4 is 0 Å². The highest BCUT2D eigenvalue weighted by atomic mass is 32.2. The van der Waals surface area contributed by atoms with Crippen LogP contribution in [0.4, 0.5) is 13.2 Å². The van der Waals surface area contributed by atoms with Crippen LogP contribution in [-0.4, -0.2) is 48.9 Å². The summed E-state index contributed by atoms with van der Waals surface area (Å²) in [5, 5.41) is 0. The molecular formula is C20H27F3N2O2S. The lowest BCUT2D eigenvalue weighted by Crippen LogP contribution is -2.49. The summed E-state index contributed by atoms with van der Waals surface area (Å²) in [5.74, 6) is 0.873. The van der Waals surface area contributed by atoms with E-state index in [0.717, 1.165) is 76.0 Å². The first-order valence-electron chi connectivity index (χ1n) is 10.1. The lowest BCUT2D eigenvalue weighted by Gasteiger charge is -2.45. The van der Waals surface area contributed by atoms with Crippen LogP contribution in [0.25, 0.3) is 0 Å². The van der Waals surface area contributed by atoms with E-state index in [4.69, 9.17) is 0 Å². The van der Waals surface area contributed by atoms with Gasteiger partial charge in [-0.25, -0.2) is 8.42 Å². The Morgan fingerprint density at radius 1 is 1.11 bits per heavy atom. The zero-order chi connectivity index (χ0) is 20.0. The minimum atomic E-state index is -4.35.